The summed E-state index contributed by atoms with van der Waals surface area (Å²) in [4.78, 5) is 14.8. The van der Waals surface area contributed by atoms with Gasteiger partial charge in [-0.1, -0.05) is 35.9 Å². The molecule has 0 saturated carbocycles. The number of aromatic hydroxyl groups is 1. The van der Waals surface area contributed by atoms with E-state index in [2.05, 4.69) is 13.2 Å². The molecule has 0 radical (unpaired) electrons. The number of fused-ring (bicyclic) bond motifs is 1. The van der Waals surface area contributed by atoms with Crippen molar-refractivity contribution in [3.05, 3.63) is 88.3 Å². The first-order valence-electron chi connectivity index (χ1n) is 9.42. The number of phenolic OH excluding ortho intramolecular Hbond substituents is 1. The van der Waals surface area contributed by atoms with E-state index in [1.165, 1.54) is 30.3 Å². The van der Waals surface area contributed by atoms with Gasteiger partial charge in [0.05, 0.1) is 16.0 Å². The first-order chi connectivity index (χ1) is 15.2. The zero-order valence-corrected chi connectivity index (χ0v) is 17.5. The second kappa shape index (κ2) is 9.50. The van der Waals surface area contributed by atoms with Crippen molar-refractivity contribution in [1.82, 2.24) is 4.90 Å². The SMILES string of the molecule is C=CCN(CC=C)Cc1c(O)ccc2c(=O)c(Oc3ccccc3Cl)c(C(F)(F)F)oc12. The van der Waals surface area contributed by atoms with Gasteiger partial charge in [0.2, 0.25) is 11.2 Å². The molecule has 0 aliphatic carbocycles. The van der Waals surface area contributed by atoms with Gasteiger partial charge < -0.3 is 14.3 Å². The standard InChI is InChI=1S/C23H19ClF3NO4/c1-3-11-28(12-4-2)13-15-17(29)10-9-14-19(30)21(22(23(25,26)27)32-20(14)15)31-18-8-6-5-7-16(18)24/h3-10,29H,1-2,11-13H2. The number of nitrogens with zero attached hydrogens (tertiary/aromatic N) is 1. The predicted molar refractivity (Wildman–Crippen MR) is 116 cm³/mol. The van der Waals surface area contributed by atoms with Crippen LogP contribution in [0.4, 0.5) is 13.2 Å². The molecule has 3 rings (SSSR count). The van der Waals surface area contributed by atoms with Crippen LogP contribution in [0.2, 0.25) is 5.02 Å². The summed E-state index contributed by atoms with van der Waals surface area (Å²) in [6.07, 6.45) is -1.86. The number of para-hydroxylation sites is 1. The highest BCUT2D eigenvalue weighted by atomic mass is 35.5. The molecule has 0 atom stereocenters. The van der Waals surface area contributed by atoms with Crippen LogP contribution in [0.5, 0.6) is 17.2 Å². The summed E-state index contributed by atoms with van der Waals surface area (Å²) in [5.41, 5.74) is -1.40. The lowest BCUT2D eigenvalue weighted by Gasteiger charge is -2.21. The normalized spacial score (nSPS) is 11.7. The van der Waals surface area contributed by atoms with Crippen molar-refractivity contribution in [2.75, 3.05) is 13.1 Å². The first-order valence-corrected chi connectivity index (χ1v) is 9.80. The summed E-state index contributed by atoms with van der Waals surface area (Å²) in [6.45, 7) is 8.01. The average Bonchev–Trinajstić information content (AvgIpc) is 2.72. The molecule has 1 N–H and O–H groups in total. The Hall–Kier alpha value is -3.23. The summed E-state index contributed by atoms with van der Waals surface area (Å²) in [5.74, 6) is -3.11. The van der Waals surface area contributed by atoms with Crippen molar-refractivity contribution >= 4 is 22.6 Å². The second-order valence-corrected chi connectivity index (χ2v) is 7.24. The third-order valence-corrected chi connectivity index (χ3v) is 4.87. The van der Waals surface area contributed by atoms with Gasteiger partial charge in [-0.3, -0.25) is 9.69 Å². The first kappa shape index (κ1) is 23.4. The van der Waals surface area contributed by atoms with Gasteiger partial charge in [0.15, 0.2) is 0 Å². The van der Waals surface area contributed by atoms with E-state index in [4.69, 9.17) is 20.8 Å². The number of alkyl halides is 3. The fourth-order valence-electron chi connectivity index (χ4n) is 3.15. The number of hydrogen-bond acceptors (Lipinski definition) is 5. The lowest BCUT2D eigenvalue weighted by Crippen LogP contribution is -2.24. The summed E-state index contributed by atoms with van der Waals surface area (Å²) in [7, 11) is 0. The van der Waals surface area contributed by atoms with E-state index in [9.17, 15) is 23.1 Å². The quantitative estimate of drug-likeness (QED) is 0.405. The van der Waals surface area contributed by atoms with E-state index < -0.39 is 23.1 Å². The van der Waals surface area contributed by atoms with Crippen LogP contribution in [0, 0.1) is 0 Å². The van der Waals surface area contributed by atoms with Crippen molar-refractivity contribution in [3.63, 3.8) is 0 Å². The molecule has 0 unspecified atom stereocenters. The van der Waals surface area contributed by atoms with E-state index >= 15 is 0 Å². The highest BCUT2D eigenvalue weighted by Crippen LogP contribution is 2.41. The monoisotopic (exact) mass is 465 g/mol. The fraction of sp³-hybridized carbons (Fsp3) is 0.174. The van der Waals surface area contributed by atoms with Crippen LogP contribution in [-0.2, 0) is 12.7 Å². The molecule has 0 aliphatic heterocycles. The molecule has 32 heavy (non-hydrogen) atoms. The van der Waals surface area contributed by atoms with Crippen LogP contribution < -0.4 is 10.2 Å². The number of rotatable bonds is 8. The van der Waals surface area contributed by atoms with Crippen LogP contribution in [0.15, 0.2) is 70.9 Å². The Kier molecular flexibility index (Phi) is 6.96. The van der Waals surface area contributed by atoms with Gasteiger partial charge in [-0.2, -0.15) is 13.2 Å². The molecular formula is C23H19ClF3NO4. The van der Waals surface area contributed by atoms with Crippen molar-refractivity contribution < 1.29 is 27.4 Å². The smallest absolute Gasteiger partial charge is 0.453 e. The van der Waals surface area contributed by atoms with Crippen LogP contribution in [0.3, 0.4) is 0 Å². The van der Waals surface area contributed by atoms with Gasteiger partial charge in [-0.25, -0.2) is 0 Å². The van der Waals surface area contributed by atoms with Crippen LogP contribution in [-0.4, -0.2) is 23.1 Å². The Morgan fingerprint density at radius 2 is 1.78 bits per heavy atom. The van der Waals surface area contributed by atoms with Crippen molar-refractivity contribution in [2.24, 2.45) is 0 Å². The Bertz CT molecular complexity index is 1210. The van der Waals surface area contributed by atoms with Gasteiger partial charge in [-0.15, -0.1) is 13.2 Å². The van der Waals surface area contributed by atoms with Crippen LogP contribution >= 0.6 is 11.6 Å². The zero-order chi connectivity index (χ0) is 23.5. The number of benzene rings is 2. The molecule has 0 saturated heterocycles. The average molecular weight is 466 g/mol. The molecule has 0 bridgehead atoms. The third-order valence-electron chi connectivity index (χ3n) is 4.56. The summed E-state index contributed by atoms with van der Waals surface area (Å²) >= 11 is 5.98. The maximum Gasteiger partial charge on any atom is 0.453 e. The van der Waals surface area contributed by atoms with Gasteiger partial charge >= 0.3 is 6.18 Å². The van der Waals surface area contributed by atoms with E-state index in [0.717, 1.165) is 0 Å². The second-order valence-electron chi connectivity index (χ2n) is 6.83. The number of halogens is 4. The lowest BCUT2D eigenvalue weighted by molar-refractivity contribution is -0.154. The Morgan fingerprint density at radius 1 is 1.12 bits per heavy atom. The molecule has 168 valence electrons. The predicted octanol–water partition coefficient (Wildman–Crippen LogP) is 6.14. The van der Waals surface area contributed by atoms with Gasteiger partial charge in [0.25, 0.3) is 5.76 Å². The topological polar surface area (TPSA) is 62.9 Å². The molecule has 9 heteroatoms. The molecule has 5 nitrogen and oxygen atoms in total. The van der Waals surface area contributed by atoms with Gasteiger partial charge in [-0.05, 0) is 24.3 Å². The number of ether oxygens (including phenoxy) is 1. The van der Waals surface area contributed by atoms with Crippen molar-refractivity contribution in [1.29, 1.82) is 0 Å². The number of phenols is 1. The Labute approximate surface area is 186 Å². The minimum atomic E-state index is -5.05. The van der Waals surface area contributed by atoms with Gasteiger partial charge in [0, 0.05) is 19.6 Å². The molecule has 0 spiro atoms. The molecule has 0 amide bonds. The summed E-state index contributed by atoms with van der Waals surface area (Å²) < 4.78 is 52.0. The maximum absolute atomic E-state index is 13.9. The lowest BCUT2D eigenvalue weighted by atomic mass is 10.1. The molecule has 1 heterocycles. The van der Waals surface area contributed by atoms with E-state index in [1.807, 2.05) is 0 Å². The minimum absolute atomic E-state index is 0.00777. The zero-order valence-electron chi connectivity index (χ0n) is 16.8. The van der Waals surface area contributed by atoms with E-state index in [-0.39, 0.29) is 39.6 Å². The van der Waals surface area contributed by atoms with Crippen molar-refractivity contribution in [2.45, 2.75) is 12.7 Å². The van der Waals surface area contributed by atoms with Crippen LogP contribution in [0.1, 0.15) is 11.3 Å². The minimum Gasteiger partial charge on any atom is -0.507 e. The summed E-state index contributed by atoms with van der Waals surface area (Å²) in [6, 6.07) is 8.22. The highest BCUT2D eigenvalue weighted by molar-refractivity contribution is 6.32. The fourth-order valence-corrected chi connectivity index (χ4v) is 3.32. The molecule has 0 fully saturated rings. The van der Waals surface area contributed by atoms with E-state index in [0.29, 0.717) is 13.1 Å². The maximum atomic E-state index is 13.9. The molecule has 2 aromatic carbocycles. The van der Waals surface area contributed by atoms with Crippen molar-refractivity contribution in [3.8, 4) is 17.2 Å². The van der Waals surface area contributed by atoms with Crippen LogP contribution in [0.25, 0.3) is 11.0 Å². The molecule has 1 aromatic heterocycles. The number of hydrogen-bond donors (Lipinski definition) is 1. The summed E-state index contributed by atoms with van der Waals surface area (Å²) in [5, 5.41) is 10.2. The molecule has 0 aliphatic rings. The highest BCUT2D eigenvalue weighted by Gasteiger charge is 2.41. The molecular weight excluding hydrogens is 447 g/mol. The largest absolute Gasteiger partial charge is 0.507 e. The Balaban J connectivity index is 2.25. The molecule has 3 aromatic rings. The van der Waals surface area contributed by atoms with E-state index in [1.54, 1.807) is 23.1 Å². The third kappa shape index (κ3) is 4.81. The van der Waals surface area contributed by atoms with Gasteiger partial charge in [0.1, 0.15) is 17.1 Å². The Morgan fingerprint density at radius 3 is 2.38 bits per heavy atom.